The first-order chi connectivity index (χ1) is 22.8. The molecule has 6 N–H and O–H groups in total. The molecule has 244 valence electrons. The number of hydrogen-bond donors (Lipinski definition) is 6. The summed E-state index contributed by atoms with van der Waals surface area (Å²) in [6.45, 7) is 0.170. The van der Waals surface area contributed by atoms with E-state index in [0.29, 0.717) is 12.8 Å². The van der Waals surface area contributed by atoms with E-state index in [0.717, 1.165) is 28.5 Å². The molecule has 4 rings (SSSR count). The Hall–Kier alpha value is -5.32. The topological polar surface area (TPSA) is 157 Å². The van der Waals surface area contributed by atoms with E-state index in [1.54, 1.807) is 0 Å². The Morgan fingerprint density at radius 3 is 1.57 bits per heavy atom. The molecule has 4 atom stereocenters. The molecule has 4 aromatic carbocycles. The summed E-state index contributed by atoms with van der Waals surface area (Å²) in [5, 5.41) is 31.1. The van der Waals surface area contributed by atoms with Crippen LogP contribution in [0.4, 0.5) is 9.59 Å². The molecular formula is C37H40N4O6. The van der Waals surface area contributed by atoms with Crippen LogP contribution in [-0.4, -0.2) is 58.9 Å². The lowest BCUT2D eigenvalue weighted by Crippen LogP contribution is -2.71. The summed E-state index contributed by atoms with van der Waals surface area (Å²) >= 11 is 0. The third kappa shape index (κ3) is 10.9. The van der Waals surface area contributed by atoms with Crippen molar-refractivity contribution in [1.29, 1.82) is 0 Å². The van der Waals surface area contributed by atoms with Gasteiger partial charge in [-0.2, -0.15) is 0 Å². The highest BCUT2D eigenvalue weighted by Gasteiger charge is 2.43. The molecule has 0 aliphatic rings. The second-order valence-electron chi connectivity index (χ2n) is 11.5. The number of rotatable bonds is 17. The molecule has 0 saturated carbocycles. The molecule has 0 bridgehead atoms. The van der Waals surface area contributed by atoms with Crippen molar-refractivity contribution in [2.75, 3.05) is 6.54 Å². The maximum Gasteiger partial charge on any atom is 0.411 e. The normalized spacial score (nSPS) is 14.1. The van der Waals surface area contributed by atoms with E-state index < -0.39 is 41.8 Å². The van der Waals surface area contributed by atoms with Gasteiger partial charge in [0.2, 0.25) is 5.91 Å². The van der Waals surface area contributed by atoms with E-state index in [9.17, 15) is 29.4 Å². The summed E-state index contributed by atoms with van der Waals surface area (Å²) in [6.07, 6.45) is -1.06. The van der Waals surface area contributed by atoms with E-state index in [-0.39, 0.29) is 19.4 Å². The molecule has 3 amide bonds. The van der Waals surface area contributed by atoms with Crippen molar-refractivity contribution in [2.45, 2.75) is 43.4 Å². The maximum atomic E-state index is 13.5. The zero-order valence-corrected chi connectivity index (χ0v) is 25.9. The minimum absolute atomic E-state index is 0.0776. The maximum absolute atomic E-state index is 13.5. The quantitative estimate of drug-likeness (QED) is 0.0734. The number of carbonyl (C=O) groups is 4. The molecule has 0 heterocycles. The van der Waals surface area contributed by atoms with Crippen molar-refractivity contribution in [3.05, 3.63) is 144 Å². The number of carboxylic acid groups (broad SMARTS) is 2. The first kappa shape index (κ1) is 34.6. The van der Waals surface area contributed by atoms with Gasteiger partial charge in [-0.15, -0.1) is 0 Å². The molecule has 0 radical (unpaired) electrons. The molecule has 4 aromatic rings. The fraction of sp³-hybridized carbons (Fsp3) is 0.243. The van der Waals surface area contributed by atoms with E-state index in [1.807, 2.05) is 127 Å². The van der Waals surface area contributed by atoms with Crippen LogP contribution in [0.25, 0.3) is 0 Å². The Bertz CT molecular complexity index is 1570. The van der Waals surface area contributed by atoms with Crippen LogP contribution in [0.1, 0.15) is 22.3 Å². The Labute approximate surface area is 274 Å². The average molecular weight is 637 g/mol. The fourth-order valence-corrected chi connectivity index (χ4v) is 5.82. The third-order valence-electron chi connectivity index (χ3n) is 8.03. The number of imide groups is 1. The van der Waals surface area contributed by atoms with Gasteiger partial charge in [0.25, 0.3) is 0 Å². The molecule has 10 nitrogen and oxygen atoms in total. The van der Waals surface area contributed by atoms with Crippen LogP contribution >= 0.6 is 0 Å². The Balaban J connectivity index is 1.80. The van der Waals surface area contributed by atoms with Crippen molar-refractivity contribution < 1.29 is 29.4 Å². The first-order valence-electron chi connectivity index (χ1n) is 15.4. The molecule has 0 aliphatic heterocycles. The largest absolute Gasteiger partial charge is 0.465 e. The molecule has 0 aromatic heterocycles. The van der Waals surface area contributed by atoms with Gasteiger partial charge in [-0.05, 0) is 41.5 Å². The number of amides is 3. The predicted octanol–water partition coefficient (Wildman–Crippen LogP) is 4.45. The number of nitrogens with one attached hydrogen (secondary N) is 4. The summed E-state index contributed by atoms with van der Waals surface area (Å²) in [7, 11) is 0. The van der Waals surface area contributed by atoms with Crippen LogP contribution in [0.3, 0.4) is 0 Å². The fourth-order valence-electron chi connectivity index (χ4n) is 5.82. The minimum atomic E-state index is -1.52. The van der Waals surface area contributed by atoms with E-state index in [2.05, 4.69) is 16.0 Å². The van der Waals surface area contributed by atoms with Crippen LogP contribution in [0.15, 0.2) is 121 Å². The van der Waals surface area contributed by atoms with Gasteiger partial charge in [0.05, 0.1) is 12.1 Å². The van der Waals surface area contributed by atoms with Crippen LogP contribution in [0.5, 0.6) is 0 Å². The van der Waals surface area contributed by atoms with Gasteiger partial charge < -0.3 is 25.6 Å². The SMILES string of the molecule is O=CC(Cc1ccccc1)NC[C@H](Cc1ccccc1)C(Cc1ccccc1)(NC(=O)O)N[C@@H](Cc1ccccc1)C(=O)NC(=O)O. The van der Waals surface area contributed by atoms with Crippen molar-refractivity contribution in [3.8, 4) is 0 Å². The van der Waals surface area contributed by atoms with Crippen molar-refractivity contribution in [1.82, 2.24) is 21.3 Å². The second kappa shape index (κ2) is 17.4. The van der Waals surface area contributed by atoms with Crippen LogP contribution < -0.4 is 21.3 Å². The highest BCUT2D eigenvalue weighted by molar-refractivity contribution is 5.94. The Morgan fingerprint density at radius 2 is 1.11 bits per heavy atom. The van der Waals surface area contributed by atoms with Gasteiger partial charge in [-0.25, -0.2) is 9.59 Å². The van der Waals surface area contributed by atoms with Crippen LogP contribution in [-0.2, 0) is 35.3 Å². The molecule has 47 heavy (non-hydrogen) atoms. The summed E-state index contributed by atoms with van der Waals surface area (Å²) < 4.78 is 0. The van der Waals surface area contributed by atoms with Gasteiger partial charge in [0.15, 0.2) is 0 Å². The molecule has 0 aliphatic carbocycles. The average Bonchev–Trinajstić information content (AvgIpc) is 3.07. The number of aldehydes is 1. The third-order valence-corrected chi connectivity index (χ3v) is 8.03. The highest BCUT2D eigenvalue weighted by atomic mass is 16.4. The lowest BCUT2D eigenvalue weighted by atomic mass is 9.80. The molecule has 0 spiro atoms. The smallest absolute Gasteiger partial charge is 0.411 e. The summed E-state index contributed by atoms with van der Waals surface area (Å²) in [4.78, 5) is 50.0. The summed E-state index contributed by atoms with van der Waals surface area (Å²) in [5.41, 5.74) is 1.87. The van der Waals surface area contributed by atoms with E-state index in [4.69, 9.17) is 0 Å². The zero-order chi connectivity index (χ0) is 33.5. The Morgan fingerprint density at radius 1 is 0.638 bits per heavy atom. The standard InChI is InChI=1S/C37H40N4O6/c42-26-32(22-28-15-7-2-8-16-28)38-25-31(21-27-13-5-1-6-14-27)37(41-36(46)47,24-30-19-11-4-12-20-30)40-33(34(43)39-35(44)45)23-29-17-9-3-10-18-29/h1-20,26,31-33,38,40-41H,21-25H2,(H,39,43)(H,44,45)(H,46,47)/t31-,32?,33-,37?/m0/s1. The van der Waals surface area contributed by atoms with Gasteiger partial charge in [0, 0.05) is 18.9 Å². The molecule has 0 saturated heterocycles. The lowest BCUT2D eigenvalue weighted by molar-refractivity contribution is -0.123. The van der Waals surface area contributed by atoms with Crippen LogP contribution in [0, 0.1) is 5.92 Å². The Kier molecular flexibility index (Phi) is 12.8. The van der Waals surface area contributed by atoms with Gasteiger partial charge in [-0.1, -0.05) is 121 Å². The monoisotopic (exact) mass is 636 g/mol. The van der Waals surface area contributed by atoms with Gasteiger partial charge in [0.1, 0.15) is 11.9 Å². The molecule has 0 fully saturated rings. The van der Waals surface area contributed by atoms with Gasteiger partial charge in [-0.3, -0.25) is 15.4 Å². The summed E-state index contributed by atoms with van der Waals surface area (Å²) in [6, 6.07) is 35.7. The van der Waals surface area contributed by atoms with E-state index >= 15 is 0 Å². The first-order valence-corrected chi connectivity index (χ1v) is 15.4. The molecule has 2 unspecified atom stereocenters. The van der Waals surface area contributed by atoms with Gasteiger partial charge >= 0.3 is 12.2 Å². The number of hydrogen-bond acceptors (Lipinski definition) is 6. The zero-order valence-electron chi connectivity index (χ0n) is 25.9. The molecular weight excluding hydrogens is 596 g/mol. The highest BCUT2D eigenvalue weighted by Crippen LogP contribution is 2.27. The predicted molar refractivity (Wildman–Crippen MR) is 179 cm³/mol. The number of benzene rings is 4. The number of carbonyl (C=O) groups excluding carboxylic acids is 2. The second-order valence-corrected chi connectivity index (χ2v) is 11.5. The van der Waals surface area contributed by atoms with Crippen molar-refractivity contribution in [2.24, 2.45) is 5.92 Å². The van der Waals surface area contributed by atoms with Crippen molar-refractivity contribution in [3.63, 3.8) is 0 Å². The van der Waals surface area contributed by atoms with Crippen molar-refractivity contribution >= 4 is 24.4 Å². The van der Waals surface area contributed by atoms with Crippen LogP contribution in [0.2, 0.25) is 0 Å². The molecule has 10 heteroatoms. The lowest BCUT2D eigenvalue weighted by Gasteiger charge is -2.44. The van der Waals surface area contributed by atoms with E-state index in [1.165, 1.54) is 0 Å². The minimum Gasteiger partial charge on any atom is -0.465 e. The summed E-state index contributed by atoms with van der Waals surface area (Å²) in [5.74, 6) is -1.41.